The SMILES string of the molecule is COc1ccc(N)c(N2CCCCS2(=O)=O)c1. The first-order valence-electron chi connectivity index (χ1n) is 5.48. The van der Waals surface area contributed by atoms with Crippen molar-refractivity contribution in [3.8, 4) is 5.75 Å². The molecule has 2 N–H and O–H groups in total. The van der Waals surface area contributed by atoms with E-state index in [-0.39, 0.29) is 5.75 Å². The monoisotopic (exact) mass is 256 g/mol. The molecule has 0 atom stereocenters. The number of hydrogen-bond acceptors (Lipinski definition) is 4. The predicted octanol–water partition coefficient (Wildman–Crippen LogP) is 1.21. The minimum atomic E-state index is -3.23. The van der Waals surface area contributed by atoms with Gasteiger partial charge in [-0.05, 0) is 25.0 Å². The quantitative estimate of drug-likeness (QED) is 0.807. The Kier molecular flexibility index (Phi) is 3.15. The van der Waals surface area contributed by atoms with Gasteiger partial charge in [-0.25, -0.2) is 8.42 Å². The van der Waals surface area contributed by atoms with Crippen LogP contribution in [0.2, 0.25) is 0 Å². The summed E-state index contributed by atoms with van der Waals surface area (Å²) < 4.78 is 30.4. The molecule has 0 radical (unpaired) electrons. The van der Waals surface area contributed by atoms with Crippen LogP contribution >= 0.6 is 0 Å². The van der Waals surface area contributed by atoms with Crippen LogP contribution < -0.4 is 14.8 Å². The zero-order valence-electron chi connectivity index (χ0n) is 9.72. The van der Waals surface area contributed by atoms with Crippen LogP contribution in [0.1, 0.15) is 12.8 Å². The molecule has 5 nitrogen and oxygen atoms in total. The second-order valence-corrected chi connectivity index (χ2v) is 6.03. The zero-order valence-corrected chi connectivity index (χ0v) is 10.5. The van der Waals surface area contributed by atoms with E-state index in [9.17, 15) is 8.42 Å². The van der Waals surface area contributed by atoms with Gasteiger partial charge in [0.2, 0.25) is 10.0 Å². The van der Waals surface area contributed by atoms with Crippen LogP contribution in [0.15, 0.2) is 18.2 Å². The summed E-state index contributed by atoms with van der Waals surface area (Å²) in [5.41, 5.74) is 6.81. The highest BCUT2D eigenvalue weighted by molar-refractivity contribution is 7.92. The molecule has 1 heterocycles. The normalized spacial score (nSPS) is 19.0. The number of benzene rings is 1. The van der Waals surface area contributed by atoms with Gasteiger partial charge in [0.15, 0.2) is 0 Å². The minimum absolute atomic E-state index is 0.184. The maximum absolute atomic E-state index is 12.0. The van der Waals surface area contributed by atoms with Crippen LogP contribution in [0, 0.1) is 0 Å². The van der Waals surface area contributed by atoms with Gasteiger partial charge in [0.05, 0.1) is 24.2 Å². The Morgan fingerprint density at radius 3 is 2.76 bits per heavy atom. The third-order valence-corrected chi connectivity index (χ3v) is 4.71. The summed E-state index contributed by atoms with van der Waals surface area (Å²) in [5.74, 6) is 0.791. The fourth-order valence-electron chi connectivity index (χ4n) is 1.93. The molecular weight excluding hydrogens is 240 g/mol. The molecular formula is C11H16N2O3S. The van der Waals surface area contributed by atoms with Gasteiger partial charge in [0, 0.05) is 12.6 Å². The molecule has 1 aromatic rings. The fraction of sp³-hybridized carbons (Fsp3) is 0.455. The summed E-state index contributed by atoms with van der Waals surface area (Å²) >= 11 is 0. The van der Waals surface area contributed by atoms with Crippen molar-refractivity contribution in [1.29, 1.82) is 0 Å². The summed E-state index contributed by atoms with van der Waals surface area (Å²) in [6.07, 6.45) is 1.57. The Hall–Kier alpha value is -1.43. The number of sulfonamides is 1. The Balaban J connectivity index is 2.45. The van der Waals surface area contributed by atoms with E-state index in [1.807, 2.05) is 0 Å². The lowest BCUT2D eigenvalue weighted by Gasteiger charge is -2.29. The number of nitrogens with zero attached hydrogens (tertiary/aromatic N) is 1. The highest BCUT2D eigenvalue weighted by Crippen LogP contribution is 2.32. The molecule has 1 fully saturated rings. The van der Waals surface area contributed by atoms with E-state index in [2.05, 4.69) is 0 Å². The van der Waals surface area contributed by atoms with E-state index < -0.39 is 10.0 Å². The highest BCUT2D eigenvalue weighted by Gasteiger charge is 2.27. The summed E-state index contributed by atoms with van der Waals surface area (Å²) in [4.78, 5) is 0. The van der Waals surface area contributed by atoms with Crippen molar-refractivity contribution in [1.82, 2.24) is 0 Å². The van der Waals surface area contributed by atoms with Crippen LogP contribution in [-0.2, 0) is 10.0 Å². The smallest absolute Gasteiger partial charge is 0.235 e. The standard InChI is InChI=1S/C11H16N2O3S/c1-16-9-4-5-10(12)11(8-9)13-6-2-3-7-17(13,14)15/h4-5,8H,2-3,6-7,12H2,1H3. The number of ether oxygens (including phenoxy) is 1. The van der Waals surface area contributed by atoms with E-state index in [4.69, 9.17) is 10.5 Å². The van der Waals surface area contributed by atoms with Crippen LogP contribution in [-0.4, -0.2) is 27.8 Å². The summed E-state index contributed by atoms with van der Waals surface area (Å²) in [5, 5.41) is 0. The van der Waals surface area contributed by atoms with Gasteiger partial charge in [-0.2, -0.15) is 0 Å². The fourth-order valence-corrected chi connectivity index (χ4v) is 3.58. The van der Waals surface area contributed by atoms with Gasteiger partial charge >= 0.3 is 0 Å². The molecule has 0 saturated carbocycles. The molecule has 2 rings (SSSR count). The lowest BCUT2D eigenvalue weighted by molar-refractivity contribution is 0.415. The molecule has 1 aromatic carbocycles. The van der Waals surface area contributed by atoms with Gasteiger partial charge in [-0.15, -0.1) is 0 Å². The Morgan fingerprint density at radius 2 is 2.12 bits per heavy atom. The lowest BCUT2D eigenvalue weighted by Crippen LogP contribution is -2.38. The molecule has 0 aliphatic carbocycles. The second-order valence-electron chi connectivity index (χ2n) is 4.02. The number of anilines is 2. The average Bonchev–Trinajstić information content (AvgIpc) is 2.30. The third-order valence-electron chi connectivity index (χ3n) is 2.86. The van der Waals surface area contributed by atoms with Gasteiger partial charge in [-0.1, -0.05) is 0 Å². The van der Waals surface area contributed by atoms with Crippen LogP contribution in [0.3, 0.4) is 0 Å². The highest BCUT2D eigenvalue weighted by atomic mass is 32.2. The van der Waals surface area contributed by atoms with Crippen molar-refractivity contribution < 1.29 is 13.2 Å². The number of methoxy groups -OCH3 is 1. The van der Waals surface area contributed by atoms with Crippen molar-refractivity contribution in [3.63, 3.8) is 0 Å². The summed E-state index contributed by atoms with van der Waals surface area (Å²) in [6, 6.07) is 5.05. The number of rotatable bonds is 2. The van der Waals surface area contributed by atoms with Gasteiger partial charge in [0.25, 0.3) is 0 Å². The zero-order chi connectivity index (χ0) is 12.5. The topological polar surface area (TPSA) is 72.6 Å². The van der Waals surface area contributed by atoms with E-state index >= 15 is 0 Å². The second kappa shape index (κ2) is 4.44. The molecule has 17 heavy (non-hydrogen) atoms. The lowest BCUT2D eigenvalue weighted by atomic mass is 10.2. The van der Waals surface area contributed by atoms with E-state index in [1.54, 1.807) is 25.3 Å². The molecule has 1 aliphatic heterocycles. The Bertz CT molecular complexity index is 513. The van der Waals surface area contributed by atoms with E-state index in [1.165, 1.54) is 4.31 Å². The third kappa shape index (κ3) is 2.31. The molecule has 94 valence electrons. The first-order valence-corrected chi connectivity index (χ1v) is 7.09. The van der Waals surface area contributed by atoms with Gasteiger partial charge < -0.3 is 10.5 Å². The van der Waals surface area contributed by atoms with Crippen LogP contribution in [0.5, 0.6) is 5.75 Å². The number of hydrogen-bond donors (Lipinski definition) is 1. The largest absolute Gasteiger partial charge is 0.497 e. The van der Waals surface area contributed by atoms with E-state index in [0.29, 0.717) is 30.1 Å². The van der Waals surface area contributed by atoms with Crippen LogP contribution in [0.4, 0.5) is 11.4 Å². The Morgan fingerprint density at radius 1 is 1.35 bits per heavy atom. The molecule has 0 unspecified atom stereocenters. The van der Waals surface area contributed by atoms with Crippen molar-refractivity contribution >= 4 is 21.4 Å². The first kappa shape index (κ1) is 12.0. The average molecular weight is 256 g/mol. The Labute approximate surface area is 101 Å². The maximum atomic E-state index is 12.0. The molecule has 0 bridgehead atoms. The summed E-state index contributed by atoms with van der Waals surface area (Å²) in [6.45, 7) is 0.486. The molecule has 1 saturated heterocycles. The molecule has 1 aliphatic rings. The maximum Gasteiger partial charge on any atom is 0.235 e. The molecule has 6 heteroatoms. The number of nitrogens with two attached hydrogens (primary N) is 1. The van der Waals surface area contributed by atoms with Gasteiger partial charge in [0.1, 0.15) is 5.75 Å². The summed E-state index contributed by atoms with van der Waals surface area (Å²) in [7, 11) is -1.68. The van der Waals surface area contributed by atoms with Crippen molar-refractivity contribution in [2.24, 2.45) is 0 Å². The van der Waals surface area contributed by atoms with Crippen molar-refractivity contribution in [2.45, 2.75) is 12.8 Å². The number of nitrogen functional groups attached to an aromatic ring is 1. The molecule has 0 amide bonds. The minimum Gasteiger partial charge on any atom is -0.497 e. The van der Waals surface area contributed by atoms with Crippen LogP contribution in [0.25, 0.3) is 0 Å². The first-order chi connectivity index (χ1) is 8.04. The molecule has 0 aromatic heterocycles. The molecule has 0 spiro atoms. The predicted molar refractivity (Wildman–Crippen MR) is 67.8 cm³/mol. The van der Waals surface area contributed by atoms with E-state index in [0.717, 1.165) is 6.42 Å². The van der Waals surface area contributed by atoms with Crippen molar-refractivity contribution in [3.05, 3.63) is 18.2 Å². The van der Waals surface area contributed by atoms with Gasteiger partial charge in [-0.3, -0.25) is 4.31 Å². The van der Waals surface area contributed by atoms with Crippen molar-refractivity contribution in [2.75, 3.05) is 29.4 Å².